The van der Waals surface area contributed by atoms with Gasteiger partial charge in [-0.05, 0) is 146 Å². The highest BCUT2D eigenvalue weighted by Gasteiger charge is 2.38. The Morgan fingerprint density at radius 2 is 1.09 bits per heavy atom. The quantitative estimate of drug-likeness (QED) is 0.00958. The van der Waals surface area contributed by atoms with E-state index < -0.39 is 162 Å². The molecule has 2 aliphatic heterocycles. The second kappa shape index (κ2) is 49.7. The summed E-state index contributed by atoms with van der Waals surface area (Å²) < 4.78 is 10.8. The van der Waals surface area contributed by atoms with Crippen LogP contribution in [0.1, 0.15) is 121 Å². The molecule has 2 amide bonds. The number of amides is 2. The lowest BCUT2D eigenvalue weighted by Crippen LogP contribution is -2.46. The first-order chi connectivity index (χ1) is 59.8. The number of halogens is 1. The zero-order valence-corrected chi connectivity index (χ0v) is 71.7. The zero-order valence-electron chi connectivity index (χ0n) is 71.0. The van der Waals surface area contributed by atoms with Crippen molar-refractivity contribution in [2.45, 2.75) is 198 Å². The molecule has 672 valence electrons. The van der Waals surface area contributed by atoms with Crippen LogP contribution in [0, 0.1) is 11.3 Å². The van der Waals surface area contributed by atoms with Gasteiger partial charge in [-0.25, -0.2) is 54.9 Å². The van der Waals surface area contributed by atoms with Crippen LogP contribution in [0.2, 0.25) is 5.02 Å². The molecule has 18 N–H and O–H groups in total. The Kier molecular flexibility index (Phi) is 38.9. The number of aliphatic imine (C=N–C) groups is 12. The number of carbonyl (C=O) groups excluding carboxylic acids is 2. The number of rotatable bonds is 48. The van der Waals surface area contributed by atoms with Crippen molar-refractivity contribution in [2.75, 3.05) is 63.3 Å². The van der Waals surface area contributed by atoms with Crippen LogP contribution < -0.4 is 16.0 Å². The lowest BCUT2D eigenvalue weighted by Gasteiger charge is -2.27. The van der Waals surface area contributed by atoms with Crippen molar-refractivity contribution in [3.63, 3.8) is 0 Å². The highest BCUT2D eigenvalue weighted by Crippen LogP contribution is 2.27. The molecule has 36 nitrogen and oxygen atoms in total. The Bertz CT molecular complexity index is 4910. The van der Waals surface area contributed by atoms with Crippen molar-refractivity contribution in [1.29, 1.82) is 5.41 Å². The first kappa shape index (κ1) is 97.9. The maximum absolute atomic E-state index is 14.9. The van der Waals surface area contributed by atoms with Gasteiger partial charge in [0.25, 0.3) is 6.02 Å². The summed E-state index contributed by atoms with van der Waals surface area (Å²) in [5.41, 5.74) is 3.04. The van der Waals surface area contributed by atoms with E-state index in [9.17, 15) is 81.1 Å². The van der Waals surface area contributed by atoms with Gasteiger partial charge in [0.2, 0.25) is 64.9 Å². The van der Waals surface area contributed by atoms with Gasteiger partial charge < -0.3 is 102 Å². The molecule has 125 heavy (non-hydrogen) atoms. The van der Waals surface area contributed by atoms with Crippen LogP contribution in [-0.4, -0.2) is 295 Å². The lowest BCUT2D eigenvalue weighted by molar-refractivity contribution is -0.132. The Morgan fingerprint density at radius 3 is 1.63 bits per heavy atom. The van der Waals surface area contributed by atoms with E-state index in [0.29, 0.717) is 85.0 Å². The predicted molar refractivity (Wildman–Crippen MR) is 489 cm³/mol. The van der Waals surface area contributed by atoms with E-state index >= 15 is 0 Å². The predicted octanol–water partition coefficient (Wildman–Crippen LogP) is 12.1. The van der Waals surface area contributed by atoms with Gasteiger partial charge in [0.15, 0.2) is 17.8 Å². The fourth-order valence-electron chi connectivity index (χ4n) is 13.4. The normalized spacial score (nSPS) is 17.9. The topological polar surface area (TPSA) is 560 Å². The summed E-state index contributed by atoms with van der Waals surface area (Å²) in [5.74, 6) is -9.43. The van der Waals surface area contributed by atoms with Gasteiger partial charge in [-0.1, -0.05) is 124 Å². The Hall–Kier alpha value is -12.5. The van der Waals surface area contributed by atoms with Crippen LogP contribution in [0.25, 0.3) is 10.8 Å². The molecule has 6 aromatic rings. The number of likely N-dealkylation sites (tertiary alicyclic amines) is 1. The number of aliphatic hydroxyl groups is 14. The van der Waals surface area contributed by atoms with Crippen molar-refractivity contribution >= 4 is 122 Å². The molecule has 0 saturated carbocycles. The van der Waals surface area contributed by atoms with E-state index in [1.165, 1.54) is 55.4 Å². The maximum atomic E-state index is 14.9. The molecule has 1 saturated heterocycles. The van der Waals surface area contributed by atoms with Crippen molar-refractivity contribution in [3.8, 4) is 0 Å². The van der Waals surface area contributed by atoms with Crippen molar-refractivity contribution in [2.24, 2.45) is 65.8 Å². The molecule has 11 unspecified atom stereocenters. The summed E-state index contributed by atoms with van der Waals surface area (Å²) in [4.78, 5) is 85.6. The van der Waals surface area contributed by atoms with Gasteiger partial charge in [-0.2, -0.15) is 4.99 Å². The number of unbranched alkanes of at least 4 members (excludes halogenated alkanes) is 1. The van der Waals surface area contributed by atoms with Crippen LogP contribution in [0.4, 0.5) is 11.4 Å². The third-order valence-corrected chi connectivity index (χ3v) is 20.1. The minimum atomic E-state index is -1.90. The number of pyridine rings is 1. The molecule has 8 rings (SSSR count). The summed E-state index contributed by atoms with van der Waals surface area (Å²) in [6.45, 7) is 13.4. The Balaban J connectivity index is 1.24. The van der Waals surface area contributed by atoms with Crippen molar-refractivity contribution < 1.29 is 90.6 Å². The van der Waals surface area contributed by atoms with E-state index in [2.05, 4.69) is 80.8 Å². The van der Waals surface area contributed by atoms with Gasteiger partial charge in [0, 0.05) is 87.0 Å². The average Bonchev–Trinajstić information content (AvgIpc) is 1.72. The molecule has 0 radical (unpaired) electrons. The summed E-state index contributed by atoms with van der Waals surface area (Å²) >= 11 is 6.31. The summed E-state index contributed by atoms with van der Waals surface area (Å²) in [7, 11) is 0. The number of carbonyl (C=O) groups is 2. The zero-order chi connectivity index (χ0) is 90.7. The SMILES string of the molecule is CCOCCOCCN=C(O)Nc1ccc(CC(N=C(O)C(Cc2ccc(NC(=O)C3CC(O)=NC(O)=N3)cc2)N=C(O)C(CO)N=C(O)C(Cc2cccnc2)N=C(O)C(Cc2ccc(Cl)cc2)N=C(O)C(Cc2ccc3ccccc3c2)N=C(C)O)C(O)=NC(CC(C)C)C(O)=NC(CCCCNC(C)C)C(=O)N2CCCC2C(O)=NC(C)C(=N)O)cc1. The monoisotopic (exact) mass is 1750 g/mol. The first-order valence-electron chi connectivity index (χ1n) is 41.4. The summed E-state index contributed by atoms with van der Waals surface area (Å²) in [6, 6.07) is 18.9. The van der Waals surface area contributed by atoms with E-state index in [4.69, 9.17) is 26.5 Å². The fourth-order valence-corrected chi connectivity index (χ4v) is 13.6. The molecule has 3 heterocycles. The first-order valence-corrected chi connectivity index (χ1v) is 41.8. The largest absolute Gasteiger partial charge is 0.497 e. The summed E-state index contributed by atoms with van der Waals surface area (Å²) in [6.07, 6.45) is 3.49. The molecule has 37 heteroatoms. The minimum absolute atomic E-state index is 0.000822. The number of anilines is 2. The number of aliphatic hydroxyl groups excluding tert-OH is 14. The number of nitrogens with zero attached hydrogens (tertiary/aromatic N) is 14. The maximum Gasteiger partial charge on any atom is 0.312 e. The molecule has 5 aromatic carbocycles. The molecule has 0 bridgehead atoms. The number of benzene rings is 5. The van der Waals surface area contributed by atoms with Crippen LogP contribution in [0.3, 0.4) is 0 Å². The third-order valence-electron chi connectivity index (χ3n) is 19.9. The Morgan fingerprint density at radius 1 is 0.576 bits per heavy atom. The van der Waals surface area contributed by atoms with E-state index in [0.717, 1.165) is 16.3 Å². The molecular weight excluding hydrogens is 1630 g/mol. The highest BCUT2D eigenvalue weighted by molar-refractivity contribution is 6.30. The number of aromatic nitrogens is 1. The third kappa shape index (κ3) is 32.6. The van der Waals surface area contributed by atoms with E-state index in [-0.39, 0.29) is 88.2 Å². The molecule has 0 spiro atoms. The second-order valence-electron chi connectivity index (χ2n) is 30.8. The minimum Gasteiger partial charge on any atom is -0.497 e. The smallest absolute Gasteiger partial charge is 0.312 e. The second-order valence-corrected chi connectivity index (χ2v) is 31.2. The summed E-state index contributed by atoms with van der Waals surface area (Å²) in [5, 5.41) is 179. The molecule has 2 aliphatic rings. The molecule has 1 fully saturated rings. The highest BCUT2D eigenvalue weighted by atomic mass is 35.5. The average molecular weight is 1750 g/mol. The number of hydrogen-bond acceptors (Lipinski definition) is 20. The van der Waals surface area contributed by atoms with Gasteiger partial charge >= 0.3 is 6.02 Å². The number of hydrogen-bond donors (Lipinski definition) is 18. The number of nitrogens with one attached hydrogen (secondary N) is 4. The molecule has 1 aromatic heterocycles. The number of ether oxygens (including phenoxy) is 2. The van der Waals surface area contributed by atoms with Crippen LogP contribution in [0.5, 0.6) is 0 Å². The van der Waals surface area contributed by atoms with E-state index in [1.54, 1.807) is 60.7 Å². The van der Waals surface area contributed by atoms with Gasteiger partial charge in [0.1, 0.15) is 60.4 Å². The lowest BCUT2D eigenvalue weighted by atomic mass is 10.0. The van der Waals surface area contributed by atoms with Crippen LogP contribution in [-0.2, 0) is 51.2 Å². The fraction of sp³-hybridized carbons (Fsp3) is 0.455. The van der Waals surface area contributed by atoms with Crippen molar-refractivity contribution in [3.05, 3.63) is 173 Å². The van der Waals surface area contributed by atoms with Gasteiger partial charge in [0.05, 0.1) is 39.4 Å². The van der Waals surface area contributed by atoms with Gasteiger partial charge in [-0.15, -0.1) is 0 Å². The van der Waals surface area contributed by atoms with Gasteiger partial charge in [-0.3, -0.25) is 20.0 Å². The van der Waals surface area contributed by atoms with Crippen molar-refractivity contribution in [1.82, 2.24) is 15.2 Å². The standard InChI is InChI=1S/C88H115ClN18O18/c1-8-124-39-40-125-38-36-93-87(122)97-64-32-25-57(26-33-64)44-69(80(115)99-66(41-51(2)3)78(113)98-65(18-11-12-35-92-52(4)5)86(121)107-37-14-19-74(107)85(120)94-53(6)76(90)111)101-82(117)70(45-56-23-30-63(31-24-56)96-77(112)72-48-75(110)106-88(123)105-72)103-84(119)73(50-108)104-83(118)71(47-59-15-13-34-91-49-59)102-81(116)68(43-55-21-28-62(89)29-22-55)100-79(114)67(95-54(7)109)46-58-20-27-60-16-9-10-17-61(60)42-58/h9-10,13,15-17,20-34,42,49,51-53,65-74,92,108H,8,11-12,14,18-19,35-41,43-48,50H2,1-7H3,(H2,90,111)(H,94,120)(H,95,109)(H,96,112)(H,98,113)(H,99,115)(H,100,114)(H,101,117)(H,102,116)(H,103,119)(H,104,118)(H2,93,97,122)(H2,105,106,110,123). The van der Waals surface area contributed by atoms with Crippen LogP contribution >= 0.6 is 11.6 Å². The molecule has 11 atom stereocenters. The van der Waals surface area contributed by atoms with Crippen LogP contribution in [0.15, 0.2) is 200 Å². The van der Waals surface area contributed by atoms with E-state index in [1.807, 2.05) is 77.1 Å². The Labute approximate surface area is 729 Å². The number of amidine groups is 2. The number of fused-ring (bicyclic) bond motifs is 1. The molecule has 0 aliphatic carbocycles. The molecular formula is C88H115ClN18O18.